The number of hydrogen-bond donors (Lipinski definition) is 0. The number of carbonyl (C=O) groups excluding carboxylic acids is 4. The molecule has 0 amide bonds. The van der Waals surface area contributed by atoms with E-state index in [1.165, 1.54) is 0 Å². The molecule has 0 aliphatic carbocycles. The van der Waals surface area contributed by atoms with Gasteiger partial charge in [0.2, 0.25) is 0 Å². The van der Waals surface area contributed by atoms with E-state index in [1.807, 2.05) is 0 Å². The molecule has 0 radical (unpaired) electrons. The number of halogens is 2. The van der Waals surface area contributed by atoms with Crippen LogP contribution in [0.1, 0.15) is 0 Å². The van der Waals surface area contributed by atoms with Crippen molar-refractivity contribution in [2.45, 2.75) is 0 Å². The van der Waals surface area contributed by atoms with Crippen LogP contribution in [0.5, 0.6) is 0 Å². The summed E-state index contributed by atoms with van der Waals surface area (Å²) >= 11 is -8.93. The van der Waals surface area contributed by atoms with E-state index in [9.17, 15) is 26.2 Å². The maximum atomic E-state index is 13.7. The zero-order chi connectivity index (χ0) is 11.5. The maximum absolute atomic E-state index is 13.7. The summed E-state index contributed by atoms with van der Waals surface area (Å²) in [4.78, 5) is 41.8. The van der Waals surface area contributed by atoms with Crippen molar-refractivity contribution in [2.75, 3.05) is 0 Å². The fourth-order valence-corrected chi connectivity index (χ4v) is 5.33. The summed E-state index contributed by atoms with van der Waals surface area (Å²) in [5.74, 6) is -8.36. The summed E-state index contributed by atoms with van der Waals surface area (Å²) in [6.45, 7) is 0. The fraction of sp³-hybridized carbons (Fsp3) is 0. The van der Waals surface area contributed by atoms with Crippen molar-refractivity contribution in [3.05, 3.63) is 0 Å². The SMILES string of the molecule is O=C1[O][Ge-2]2([F])([F])([O]C1=O)[O]C(=O)C(=O)[O]2. The average Bonchev–Trinajstić information content (AvgIpc) is 2.29. The summed E-state index contributed by atoms with van der Waals surface area (Å²) in [6.07, 6.45) is 0. The summed E-state index contributed by atoms with van der Waals surface area (Å²) in [7, 11) is 0. The van der Waals surface area contributed by atoms with E-state index in [4.69, 9.17) is 0 Å². The molecule has 2 saturated heterocycles. The summed E-state index contributed by atoms with van der Waals surface area (Å²) < 4.78 is 40.5. The van der Waals surface area contributed by atoms with Gasteiger partial charge < -0.3 is 0 Å². The van der Waals surface area contributed by atoms with Crippen molar-refractivity contribution in [2.24, 2.45) is 0 Å². The Hall–Kier alpha value is -1.72. The van der Waals surface area contributed by atoms with Crippen LogP contribution in [0.4, 0.5) is 7.00 Å². The molecule has 2 rings (SSSR count). The summed E-state index contributed by atoms with van der Waals surface area (Å²) in [5.41, 5.74) is 0. The first-order valence-electron chi connectivity index (χ1n) is 3.33. The molecule has 2 heterocycles. The Morgan fingerprint density at radius 1 is 0.667 bits per heavy atom. The van der Waals surface area contributed by atoms with E-state index in [2.05, 4.69) is 15.1 Å². The molecule has 0 bridgehead atoms. The van der Waals surface area contributed by atoms with Crippen molar-refractivity contribution in [1.82, 2.24) is 0 Å². The van der Waals surface area contributed by atoms with Crippen LogP contribution in [0.15, 0.2) is 0 Å². The van der Waals surface area contributed by atoms with Gasteiger partial charge in [-0.3, -0.25) is 0 Å². The van der Waals surface area contributed by atoms with Crippen LogP contribution in [0.2, 0.25) is 0 Å². The third kappa shape index (κ3) is 1.11. The summed E-state index contributed by atoms with van der Waals surface area (Å²) in [5, 5.41) is 0. The molecule has 84 valence electrons. The predicted octanol–water partition coefficient (Wildman–Crippen LogP) is -1.54. The first kappa shape index (κ1) is 9.82. The van der Waals surface area contributed by atoms with Gasteiger partial charge in [0.1, 0.15) is 0 Å². The van der Waals surface area contributed by atoms with E-state index < -0.39 is 37.3 Å². The van der Waals surface area contributed by atoms with Gasteiger partial charge in [-0.25, -0.2) is 0 Å². The molecule has 0 atom stereocenters. The number of hydrogen-bond acceptors (Lipinski definition) is 8. The molecular weight excluding hydrogens is 287 g/mol. The molecule has 0 aromatic rings. The molecular formula is C4F2GeO8-2. The Labute approximate surface area is 79.2 Å². The molecule has 11 heteroatoms. The van der Waals surface area contributed by atoms with Crippen LogP contribution in [0.3, 0.4) is 0 Å². The van der Waals surface area contributed by atoms with Crippen molar-refractivity contribution in [1.29, 1.82) is 0 Å². The van der Waals surface area contributed by atoms with Crippen LogP contribution in [0, 0.1) is 0 Å². The minimum absolute atomic E-state index is 2.09. The van der Waals surface area contributed by atoms with Crippen LogP contribution < -0.4 is 0 Å². The topological polar surface area (TPSA) is 105 Å². The van der Waals surface area contributed by atoms with Gasteiger partial charge in [-0.2, -0.15) is 0 Å². The third-order valence-corrected chi connectivity index (χ3v) is 6.46. The van der Waals surface area contributed by atoms with Crippen LogP contribution in [0.25, 0.3) is 0 Å². The molecule has 1 spiro atoms. The Balaban J connectivity index is 2.59. The molecule has 0 aromatic carbocycles. The quantitative estimate of drug-likeness (QED) is 0.390. The van der Waals surface area contributed by atoms with Crippen LogP contribution >= 0.6 is 0 Å². The summed E-state index contributed by atoms with van der Waals surface area (Å²) in [6, 6.07) is 0. The van der Waals surface area contributed by atoms with Gasteiger partial charge in [0.25, 0.3) is 0 Å². The second-order valence-electron chi connectivity index (χ2n) is 2.75. The fourth-order valence-electron chi connectivity index (χ4n) is 1.03. The number of rotatable bonds is 0. The van der Waals surface area contributed by atoms with E-state index in [1.54, 1.807) is 0 Å². The van der Waals surface area contributed by atoms with Crippen molar-refractivity contribution >= 4 is 37.3 Å². The van der Waals surface area contributed by atoms with Gasteiger partial charge >= 0.3 is 78.5 Å². The second kappa shape index (κ2) is 1.82. The van der Waals surface area contributed by atoms with E-state index in [-0.39, 0.29) is 0 Å². The van der Waals surface area contributed by atoms with Crippen LogP contribution in [-0.2, 0) is 34.2 Å². The first-order valence-corrected chi connectivity index (χ1v) is 8.34. The third-order valence-electron chi connectivity index (χ3n) is 1.51. The molecule has 2 aliphatic heterocycles. The average molecular weight is 287 g/mol. The van der Waals surface area contributed by atoms with E-state index in [0.29, 0.717) is 0 Å². The Bertz CT molecular complexity index is 380. The molecule has 8 nitrogen and oxygen atoms in total. The molecule has 2 aliphatic rings. The molecule has 15 heavy (non-hydrogen) atoms. The Morgan fingerprint density at radius 2 is 0.867 bits per heavy atom. The Kier molecular flexibility index (Phi) is 1.19. The van der Waals surface area contributed by atoms with Crippen molar-refractivity contribution in [3.8, 4) is 0 Å². The molecule has 2 fully saturated rings. The van der Waals surface area contributed by atoms with Crippen molar-refractivity contribution in [3.63, 3.8) is 0 Å². The Morgan fingerprint density at radius 3 is 1.07 bits per heavy atom. The molecule has 0 unspecified atom stereocenters. The first-order chi connectivity index (χ1) is 6.58. The van der Waals surface area contributed by atoms with Gasteiger partial charge in [0.05, 0.1) is 0 Å². The van der Waals surface area contributed by atoms with Gasteiger partial charge in [-0.05, 0) is 0 Å². The van der Waals surface area contributed by atoms with Gasteiger partial charge in [-0.15, -0.1) is 0 Å². The monoisotopic (exact) mass is 288 g/mol. The van der Waals surface area contributed by atoms with Gasteiger partial charge in [0, 0.05) is 0 Å². The minimum atomic E-state index is -8.93. The zero-order valence-corrected chi connectivity index (χ0v) is 8.62. The van der Waals surface area contributed by atoms with Gasteiger partial charge in [-0.1, -0.05) is 0 Å². The molecule has 0 aromatic heterocycles. The number of carbonyl (C=O) groups is 4. The predicted molar refractivity (Wildman–Crippen MR) is 32.3 cm³/mol. The second-order valence-corrected chi connectivity index (χ2v) is 9.45. The van der Waals surface area contributed by atoms with E-state index in [0.717, 1.165) is 0 Å². The molecule has 0 N–H and O–H groups in total. The standard InChI is InChI=1S/C4F2GeO8/c5-7(6,12-1(8)2(9)13-7)14-3(10)4(11)15-7/q-2. The molecule has 0 saturated carbocycles. The van der Waals surface area contributed by atoms with E-state index >= 15 is 0 Å². The van der Waals surface area contributed by atoms with Gasteiger partial charge in [0.15, 0.2) is 0 Å². The van der Waals surface area contributed by atoms with Crippen molar-refractivity contribution < 1.29 is 41.2 Å². The zero-order valence-electron chi connectivity index (χ0n) is 6.52. The normalized spacial score (nSPS) is 34.0. The van der Waals surface area contributed by atoms with Crippen LogP contribution in [-0.4, -0.2) is 37.3 Å².